The largest absolute Gasteiger partial charge is 0.325 e. The predicted molar refractivity (Wildman–Crippen MR) is 114 cm³/mol. The van der Waals surface area contributed by atoms with E-state index in [-0.39, 0.29) is 17.2 Å². The number of amides is 1. The Kier molecular flexibility index (Phi) is 6.68. The van der Waals surface area contributed by atoms with E-state index in [1.54, 1.807) is 10.6 Å². The first-order valence-corrected chi connectivity index (χ1v) is 10.5. The summed E-state index contributed by atoms with van der Waals surface area (Å²) in [5.74, 6) is 0.0549. The molecule has 0 saturated carbocycles. The van der Waals surface area contributed by atoms with Gasteiger partial charge in [-0.25, -0.2) is 4.98 Å². The van der Waals surface area contributed by atoms with E-state index in [2.05, 4.69) is 33.2 Å². The second-order valence-electron chi connectivity index (χ2n) is 6.07. The highest BCUT2D eigenvalue weighted by Crippen LogP contribution is 2.19. The van der Waals surface area contributed by atoms with Crippen LogP contribution in [0.1, 0.15) is 19.8 Å². The molecule has 1 heterocycles. The van der Waals surface area contributed by atoms with Gasteiger partial charge in [0.2, 0.25) is 5.91 Å². The maximum atomic E-state index is 12.8. The first-order chi connectivity index (χ1) is 13.1. The number of carbonyl (C=O) groups excluding carboxylic acids is 1. The van der Waals surface area contributed by atoms with Crippen molar-refractivity contribution in [2.24, 2.45) is 0 Å². The summed E-state index contributed by atoms with van der Waals surface area (Å²) >= 11 is 4.66. The minimum atomic E-state index is -0.133. The van der Waals surface area contributed by atoms with Crippen LogP contribution >= 0.6 is 27.7 Å². The monoisotopic (exact) mass is 445 g/mol. The highest BCUT2D eigenvalue weighted by atomic mass is 79.9. The lowest BCUT2D eigenvalue weighted by atomic mass is 10.2. The molecule has 0 bridgehead atoms. The van der Waals surface area contributed by atoms with Crippen LogP contribution < -0.4 is 10.9 Å². The summed E-state index contributed by atoms with van der Waals surface area (Å²) in [6, 6.07) is 14.7. The third kappa shape index (κ3) is 4.99. The van der Waals surface area contributed by atoms with Crippen LogP contribution in [0.4, 0.5) is 5.69 Å². The van der Waals surface area contributed by atoms with Gasteiger partial charge in [0.05, 0.1) is 16.7 Å². The van der Waals surface area contributed by atoms with E-state index in [1.165, 1.54) is 11.8 Å². The number of fused-ring (bicyclic) bond motifs is 1. The van der Waals surface area contributed by atoms with Gasteiger partial charge in [0, 0.05) is 16.7 Å². The average Bonchev–Trinajstić information content (AvgIpc) is 2.68. The number of anilines is 1. The lowest BCUT2D eigenvalue weighted by Crippen LogP contribution is -2.24. The molecule has 0 aliphatic heterocycles. The first-order valence-electron chi connectivity index (χ1n) is 8.76. The number of nitrogens with zero attached hydrogens (tertiary/aromatic N) is 2. The highest BCUT2D eigenvalue weighted by Gasteiger charge is 2.13. The lowest BCUT2D eigenvalue weighted by Gasteiger charge is -2.12. The topological polar surface area (TPSA) is 64.0 Å². The van der Waals surface area contributed by atoms with E-state index in [1.807, 2.05) is 42.5 Å². The molecule has 1 amide bonds. The number of nitrogens with one attached hydrogen (secondary N) is 1. The van der Waals surface area contributed by atoms with Gasteiger partial charge in [0.1, 0.15) is 0 Å². The van der Waals surface area contributed by atoms with Crippen LogP contribution in [-0.4, -0.2) is 21.2 Å². The summed E-state index contributed by atoms with van der Waals surface area (Å²) in [5.41, 5.74) is 1.34. The van der Waals surface area contributed by atoms with E-state index >= 15 is 0 Å². The Morgan fingerprint density at radius 2 is 1.93 bits per heavy atom. The maximum Gasteiger partial charge on any atom is 0.262 e. The summed E-state index contributed by atoms with van der Waals surface area (Å²) < 4.78 is 2.64. The van der Waals surface area contributed by atoms with Crippen LogP contribution in [0.3, 0.4) is 0 Å². The smallest absolute Gasteiger partial charge is 0.262 e. The molecule has 2 aromatic carbocycles. The van der Waals surface area contributed by atoms with Crippen molar-refractivity contribution in [3.8, 4) is 0 Å². The van der Waals surface area contributed by atoms with Gasteiger partial charge in [-0.05, 0) is 42.8 Å². The molecule has 1 N–H and O–H groups in total. The number of benzene rings is 2. The normalized spacial score (nSPS) is 10.9. The minimum absolute atomic E-state index is 0.0510. The molecule has 5 nitrogen and oxygen atoms in total. The Labute approximate surface area is 170 Å². The Bertz CT molecular complexity index is 1000. The number of hydrogen-bond acceptors (Lipinski definition) is 4. The molecule has 0 radical (unpaired) electrons. The summed E-state index contributed by atoms with van der Waals surface area (Å²) in [7, 11) is 0. The van der Waals surface area contributed by atoms with Gasteiger partial charge < -0.3 is 5.32 Å². The molecule has 0 saturated heterocycles. The third-order valence-corrected chi connectivity index (χ3v) is 5.53. The van der Waals surface area contributed by atoms with Crippen molar-refractivity contribution in [2.45, 2.75) is 31.5 Å². The highest BCUT2D eigenvalue weighted by molar-refractivity contribution is 9.10. The van der Waals surface area contributed by atoms with Gasteiger partial charge in [0.25, 0.3) is 5.56 Å². The Balaban J connectivity index is 1.79. The van der Waals surface area contributed by atoms with Gasteiger partial charge in [-0.15, -0.1) is 0 Å². The molecule has 0 aliphatic rings. The standard InChI is InChI=1S/C20H20BrN3O2S/c1-2-3-12-24-19(26)16-6-4-5-7-17(16)23-20(24)27-13-18(25)22-15-10-8-14(21)9-11-15/h4-11H,2-3,12-13H2,1H3,(H,22,25). The molecule has 0 atom stereocenters. The van der Waals surface area contributed by atoms with Crippen molar-refractivity contribution in [3.63, 3.8) is 0 Å². The van der Waals surface area contributed by atoms with Gasteiger partial charge in [-0.1, -0.05) is 53.2 Å². The van der Waals surface area contributed by atoms with Crippen molar-refractivity contribution >= 4 is 50.2 Å². The summed E-state index contributed by atoms with van der Waals surface area (Å²) in [5, 5.41) is 4.05. The van der Waals surface area contributed by atoms with Crippen LogP contribution in [0, 0.1) is 0 Å². The van der Waals surface area contributed by atoms with Crippen LogP contribution in [0.2, 0.25) is 0 Å². The fraction of sp³-hybridized carbons (Fsp3) is 0.250. The van der Waals surface area contributed by atoms with Crippen molar-refractivity contribution in [1.82, 2.24) is 9.55 Å². The molecule has 3 aromatic rings. The van der Waals surface area contributed by atoms with Crippen LogP contribution in [0.25, 0.3) is 10.9 Å². The average molecular weight is 446 g/mol. The SMILES string of the molecule is CCCCn1c(SCC(=O)Nc2ccc(Br)cc2)nc2ccccc2c1=O. The molecule has 7 heteroatoms. The second-order valence-corrected chi connectivity index (χ2v) is 7.92. The summed E-state index contributed by atoms with van der Waals surface area (Å²) in [6.45, 7) is 2.68. The van der Waals surface area contributed by atoms with Crippen molar-refractivity contribution < 1.29 is 4.79 Å². The Morgan fingerprint density at radius 1 is 1.19 bits per heavy atom. The summed E-state index contributed by atoms with van der Waals surface area (Å²) in [4.78, 5) is 29.7. The fourth-order valence-electron chi connectivity index (χ4n) is 2.63. The van der Waals surface area contributed by atoms with Gasteiger partial charge in [-0.2, -0.15) is 0 Å². The second kappa shape index (κ2) is 9.19. The van der Waals surface area contributed by atoms with Gasteiger partial charge >= 0.3 is 0 Å². The Hall–Kier alpha value is -2.12. The molecule has 3 rings (SSSR count). The van der Waals surface area contributed by atoms with Crippen molar-refractivity contribution in [3.05, 3.63) is 63.4 Å². The number of para-hydroxylation sites is 1. The molecular weight excluding hydrogens is 426 g/mol. The lowest BCUT2D eigenvalue weighted by molar-refractivity contribution is -0.113. The predicted octanol–water partition coefficient (Wildman–Crippen LogP) is 4.69. The van der Waals surface area contributed by atoms with E-state index in [4.69, 9.17) is 0 Å². The number of unbranched alkanes of at least 4 members (excludes halogenated alkanes) is 1. The third-order valence-electron chi connectivity index (χ3n) is 4.02. The number of halogens is 1. The maximum absolute atomic E-state index is 12.8. The molecule has 1 aromatic heterocycles. The zero-order chi connectivity index (χ0) is 19.2. The number of aromatic nitrogens is 2. The molecule has 27 heavy (non-hydrogen) atoms. The van der Waals surface area contributed by atoms with Crippen LogP contribution in [0.15, 0.2) is 63.0 Å². The van der Waals surface area contributed by atoms with Crippen LogP contribution in [-0.2, 0) is 11.3 Å². The molecule has 0 unspecified atom stereocenters. The van der Waals surface area contributed by atoms with E-state index in [0.717, 1.165) is 23.0 Å². The zero-order valence-electron chi connectivity index (χ0n) is 14.9. The number of thioether (sulfide) groups is 1. The summed E-state index contributed by atoms with van der Waals surface area (Å²) in [6.07, 6.45) is 1.87. The Morgan fingerprint density at radius 3 is 2.67 bits per heavy atom. The molecule has 0 fully saturated rings. The molecule has 0 aliphatic carbocycles. The number of rotatable bonds is 7. The minimum Gasteiger partial charge on any atom is -0.325 e. The molecule has 140 valence electrons. The van der Waals surface area contributed by atoms with Crippen LogP contribution in [0.5, 0.6) is 0 Å². The van der Waals surface area contributed by atoms with Gasteiger partial charge in [0.15, 0.2) is 5.16 Å². The van der Waals surface area contributed by atoms with Crippen molar-refractivity contribution in [2.75, 3.05) is 11.1 Å². The van der Waals surface area contributed by atoms with Gasteiger partial charge in [-0.3, -0.25) is 14.2 Å². The number of carbonyl (C=O) groups is 1. The molecular formula is C20H20BrN3O2S. The first kappa shape index (κ1) is 19.6. The molecule has 0 spiro atoms. The quantitative estimate of drug-likeness (QED) is 0.423. The number of hydrogen-bond donors (Lipinski definition) is 1. The fourth-order valence-corrected chi connectivity index (χ4v) is 3.72. The van der Waals surface area contributed by atoms with E-state index in [0.29, 0.717) is 22.6 Å². The van der Waals surface area contributed by atoms with E-state index < -0.39 is 0 Å². The zero-order valence-corrected chi connectivity index (χ0v) is 17.3. The van der Waals surface area contributed by atoms with Crippen molar-refractivity contribution in [1.29, 1.82) is 0 Å². The van der Waals surface area contributed by atoms with E-state index in [9.17, 15) is 9.59 Å².